The minimum Gasteiger partial charge on any atom is -0.385 e. The lowest BCUT2D eigenvalue weighted by Crippen LogP contribution is -2.20. The highest BCUT2D eigenvalue weighted by Crippen LogP contribution is 2.29. The van der Waals surface area contributed by atoms with Gasteiger partial charge in [0, 0.05) is 0 Å². The molecule has 1 heteroatoms. The second-order valence-electron chi connectivity index (χ2n) is 5.40. The van der Waals surface area contributed by atoms with Crippen molar-refractivity contribution >= 4 is 0 Å². The predicted octanol–water partition coefficient (Wildman–Crippen LogP) is 4.92. The van der Waals surface area contributed by atoms with Crippen molar-refractivity contribution < 1.29 is 5.11 Å². The molecular formula is C19H22O. The Morgan fingerprint density at radius 2 is 1.60 bits per heavy atom. The third-order valence-corrected chi connectivity index (χ3v) is 3.69. The molecule has 0 bridgehead atoms. The van der Waals surface area contributed by atoms with Crippen molar-refractivity contribution in [2.24, 2.45) is 0 Å². The quantitative estimate of drug-likeness (QED) is 0.581. The predicted molar refractivity (Wildman–Crippen MR) is 85.5 cm³/mol. The molecule has 1 nitrogen and oxygen atoms in total. The van der Waals surface area contributed by atoms with E-state index in [9.17, 15) is 5.11 Å². The van der Waals surface area contributed by atoms with Crippen LogP contribution < -0.4 is 0 Å². The van der Waals surface area contributed by atoms with Gasteiger partial charge in [-0.1, -0.05) is 60.7 Å². The molecule has 1 atom stereocenters. The fraction of sp³-hybridized carbons (Fsp3) is 0.263. The summed E-state index contributed by atoms with van der Waals surface area (Å²) in [6, 6.07) is 18.5. The van der Waals surface area contributed by atoms with Gasteiger partial charge in [-0.15, -0.1) is 6.58 Å². The maximum Gasteiger partial charge on any atom is 0.0868 e. The molecule has 1 unspecified atom stereocenters. The Bertz CT molecular complexity index is 538. The Hall–Kier alpha value is -1.86. The summed E-state index contributed by atoms with van der Waals surface area (Å²) in [5.41, 5.74) is 2.58. The summed E-state index contributed by atoms with van der Waals surface area (Å²) in [4.78, 5) is 0. The van der Waals surface area contributed by atoms with E-state index in [1.807, 2.05) is 43.3 Å². The van der Waals surface area contributed by atoms with Crippen LogP contribution in [0.1, 0.15) is 31.7 Å². The van der Waals surface area contributed by atoms with E-state index in [1.165, 1.54) is 11.1 Å². The summed E-state index contributed by atoms with van der Waals surface area (Å²) in [5.74, 6) is 0. The fourth-order valence-electron chi connectivity index (χ4n) is 2.39. The molecule has 2 aromatic carbocycles. The van der Waals surface area contributed by atoms with Gasteiger partial charge < -0.3 is 5.11 Å². The Kier molecular flexibility index (Phi) is 4.75. The van der Waals surface area contributed by atoms with Crippen LogP contribution in [0.4, 0.5) is 0 Å². The van der Waals surface area contributed by atoms with Crippen molar-refractivity contribution in [2.75, 3.05) is 0 Å². The molecule has 2 rings (SSSR count). The monoisotopic (exact) mass is 266 g/mol. The van der Waals surface area contributed by atoms with Gasteiger partial charge in [-0.25, -0.2) is 0 Å². The van der Waals surface area contributed by atoms with Crippen LogP contribution in [0, 0.1) is 0 Å². The zero-order chi connectivity index (χ0) is 14.4. The Labute approximate surface area is 121 Å². The van der Waals surface area contributed by atoms with Gasteiger partial charge in [0.05, 0.1) is 5.60 Å². The smallest absolute Gasteiger partial charge is 0.0868 e. The largest absolute Gasteiger partial charge is 0.385 e. The van der Waals surface area contributed by atoms with Crippen molar-refractivity contribution in [3.63, 3.8) is 0 Å². The molecule has 0 saturated carbocycles. The first-order chi connectivity index (χ1) is 9.63. The summed E-state index contributed by atoms with van der Waals surface area (Å²) in [6.07, 6.45) is 4.55. The standard InChI is InChI=1S/C19H22O/c1-3-4-8-15-19(2,20)18-13-11-17(12-14-18)16-9-6-5-7-10-16/h3,5-7,9-14,20H,1,4,8,15H2,2H3. The number of rotatable bonds is 6. The molecule has 0 heterocycles. The number of unbranched alkanes of at least 4 members (excludes halogenated alkanes) is 1. The molecular weight excluding hydrogens is 244 g/mol. The molecule has 0 aliphatic rings. The van der Waals surface area contributed by atoms with E-state index >= 15 is 0 Å². The summed E-state index contributed by atoms with van der Waals surface area (Å²) in [5, 5.41) is 10.5. The van der Waals surface area contributed by atoms with Crippen LogP contribution in [0.2, 0.25) is 0 Å². The third-order valence-electron chi connectivity index (χ3n) is 3.69. The van der Waals surface area contributed by atoms with Crippen LogP contribution in [-0.4, -0.2) is 5.11 Å². The molecule has 0 aliphatic carbocycles. The molecule has 0 amide bonds. The van der Waals surface area contributed by atoms with E-state index in [4.69, 9.17) is 0 Å². The minimum absolute atomic E-state index is 0.754. The molecule has 0 saturated heterocycles. The minimum atomic E-state index is -0.766. The van der Waals surface area contributed by atoms with Crippen molar-refractivity contribution in [3.05, 3.63) is 72.8 Å². The number of benzene rings is 2. The second-order valence-corrected chi connectivity index (χ2v) is 5.40. The van der Waals surface area contributed by atoms with Gasteiger partial charge in [-0.2, -0.15) is 0 Å². The summed E-state index contributed by atoms with van der Waals surface area (Å²) >= 11 is 0. The van der Waals surface area contributed by atoms with Gasteiger partial charge in [0.25, 0.3) is 0 Å². The van der Waals surface area contributed by atoms with Gasteiger partial charge in [-0.05, 0) is 42.9 Å². The maximum absolute atomic E-state index is 10.5. The van der Waals surface area contributed by atoms with E-state index in [0.717, 1.165) is 24.8 Å². The summed E-state index contributed by atoms with van der Waals surface area (Å²) in [6.45, 7) is 5.60. The van der Waals surface area contributed by atoms with E-state index in [-0.39, 0.29) is 0 Å². The lowest BCUT2D eigenvalue weighted by atomic mass is 9.89. The highest BCUT2D eigenvalue weighted by molar-refractivity contribution is 5.63. The van der Waals surface area contributed by atoms with Crippen LogP contribution in [0.25, 0.3) is 11.1 Å². The van der Waals surface area contributed by atoms with Crippen molar-refractivity contribution in [1.29, 1.82) is 0 Å². The summed E-state index contributed by atoms with van der Waals surface area (Å²) in [7, 11) is 0. The van der Waals surface area contributed by atoms with Gasteiger partial charge in [0.1, 0.15) is 0 Å². The van der Waals surface area contributed by atoms with Crippen molar-refractivity contribution in [3.8, 4) is 11.1 Å². The Morgan fingerprint density at radius 1 is 1.00 bits per heavy atom. The Balaban J connectivity index is 2.13. The molecule has 104 valence electrons. The lowest BCUT2D eigenvalue weighted by Gasteiger charge is -2.24. The van der Waals surface area contributed by atoms with Crippen LogP contribution in [0.5, 0.6) is 0 Å². The molecule has 0 aliphatic heterocycles. The first kappa shape index (κ1) is 14.5. The number of allylic oxidation sites excluding steroid dienone is 1. The number of aliphatic hydroxyl groups is 1. The molecule has 1 N–H and O–H groups in total. The molecule has 0 spiro atoms. The molecule has 0 radical (unpaired) electrons. The van der Waals surface area contributed by atoms with Gasteiger partial charge >= 0.3 is 0 Å². The van der Waals surface area contributed by atoms with E-state index < -0.39 is 5.60 Å². The van der Waals surface area contributed by atoms with Gasteiger partial charge in [0.2, 0.25) is 0 Å². The Morgan fingerprint density at radius 3 is 2.20 bits per heavy atom. The van der Waals surface area contributed by atoms with Crippen molar-refractivity contribution in [1.82, 2.24) is 0 Å². The lowest BCUT2D eigenvalue weighted by molar-refractivity contribution is 0.0459. The number of hydrogen-bond donors (Lipinski definition) is 1. The van der Waals surface area contributed by atoms with Crippen LogP contribution >= 0.6 is 0 Å². The van der Waals surface area contributed by atoms with Crippen molar-refractivity contribution in [2.45, 2.75) is 31.8 Å². The zero-order valence-electron chi connectivity index (χ0n) is 12.0. The maximum atomic E-state index is 10.5. The average Bonchev–Trinajstić information content (AvgIpc) is 2.48. The zero-order valence-corrected chi connectivity index (χ0v) is 12.0. The average molecular weight is 266 g/mol. The SMILES string of the molecule is C=CCCCC(C)(O)c1ccc(-c2ccccc2)cc1. The highest BCUT2D eigenvalue weighted by atomic mass is 16.3. The highest BCUT2D eigenvalue weighted by Gasteiger charge is 2.21. The first-order valence-corrected chi connectivity index (χ1v) is 7.13. The fourth-order valence-corrected chi connectivity index (χ4v) is 2.39. The topological polar surface area (TPSA) is 20.2 Å². The normalized spacial score (nSPS) is 13.7. The second kappa shape index (κ2) is 6.53. The van der Waals surface area contributed by atoms with Crippen LogP contribution in [0.3, 0.4) is 0 Å². The van der Waals surface area contributed by atoms with E-state index in [1.54, 1.807) is 0 Å². The third kappa shape index (κ3) is 3.58. The molecule has 0 fully saturated rings. The first-order valence-electron chi connectivity index (χ1n) is 7.13. The van der Waals surface area contributed by atoms with Gasteiger partial charge in [-0.3, -0.25) is 0 Å². The molecule has 20 heavy (non-hydrogen) atoms. The van der Waals surface area contributed by atoms with E-state index in [2.05, 4.69) is 30.8 Å². The van der Waals surface area contributed by atoms with Crippen LogP contribution in [0.15, 0.2) is 67.3 Å². The molecule has 0 aromatic heterocycles. The number of hydrogen-bond acceptors (Lipinski definition) is 1. The summed E-state index contributed by atoms with van der Waals surface area (Å²) < 4.78 is 0. The van der Waals surface area contributed by atoms with E-state index in [0.29, 0.717) is 0 Å². The van der Waals surface area contributed by atoms with Gasteiger partial charge in [0.15, 0.2) is 0 Å². The molecule has 2 aromatic rings. The van der Waals surface area contributed by atoms with Crippen LogP contribution in [-0.2, 0) is 5.60 Å².